The van der Waals surface area contributed by atoms with Crippen molar-refractivity contribution >= 4 is 6.08 Å². The Kier molecular flexibility index (Phi) is 6.48. The van der Waals surface area contributed by atoms with Crippen LogP contribution in [0.4, 0.5) is 0 Å². The van der Waals surface area contributed by atoms with E-state index in [-0.39, 0.29) is 51.4 Å². The molecule has 0 spiro atoms. The smallest absolute Gasteiger partial charge is 0.245 e. The van der Waals surface area contributed by atoms with Gasteiger partial charge in [0.05, 0.1) is 0 Å². The summed E-state index contributed by atoms with van der Waals surface area (Å²) in [6.45, 7) is 3.60. The van der Waals surface area contributed by atoms with Crippen molar-refractivity contribution < 1.29 is 51.4 Å². The van der Waals surface area contributed by atoms with Gasteiger partial charge < -0.3 is 0 Å². The number of benzene rings is 1. The van der Waals surface area contributed by atoms with E-state index >= 15 is 0 Å². The average molecular weight is 156 g/mol. The molecular formula is C9H9K. The molecule has 0 heterocycles. The molecule has 0 unspecified atom stereocenters. The summed E-state index contributed by atoms with van der Waals surface area (Å²) < 4.78 is 0. The standard InChI is InChI=1S/C9H9.K/c1-2-6-9-7-4-3-5-8-9;/h2-8H,1H2;/q-1;+1. The van der Waals surface area contributed by atoms with Crippen LogP contribution in [-0.2, 0) is 0 Å². The first kappa shape index (κ1) is 10.5. The average Bonchev–Trinajstić information content (AvgIpc) is 1.91. The Morgan fingerprint density at radius 2 is 1.70 bits per heavy atom. The molecule has 0 bridgehead atoms. The van der Waals surface area contributed by atoms with Gasteiger partial charge in [0, 0.05) is 0 Å². The van der Waals surface area contributed by atoms with Crippen LogP contribution in [0.15, 0.2) is 36.4 Å². The Hall–Kier alpha value is 0.466. The van der Waals surface area contributed by atoms with Gasteiger partial charge in [-0.2, -0.15) is 0 Å². The fourth-order valence-electron chi connectivity index (χ4n) is 0.700. The van der Waals surface area contributed by atoms with Crippen molar-refractivity contribution in [3.05, 3.63) is 48.9 Å². The first-order valence-electron chi connectivity index (χ1n) is 2.94. The molecule has 1 heteroatoms. The van der Waals surface area contributed by atoms with Crippen LogP contribution in [0.3, 0.4) is 0 Å². The number of rotatable bonds is 1. The molecule has 0 amide bonds. The van der Waals surface area contributed by atoms with Gasteiger partial charge in [0.2, 0.25) is 0 Å². The molecule has 0 N–H and O–H groups in total. The van der Waals surface area contributed by atoms with Gasteiger partial charge in [0.1, 0.15) is 0 Å². The van der Waals surface area contributed by atoms with Crippen LogP contribution in [-0.4, -0.2) is 0 Å². The Morgan fingerprint density at radius 3 is 2.20 bits per heavy atom. The molecule has 46 valence electrons. The van der Waals surface area contributed by atoms with Crippen LogP contribution < -0.4 is 51.4 Å². The van der Waals surface area contributed by atoms with Gasteiger partial charge in [-0.1, -0.05) is 30.3 Å². The van der Waals surface area contributed by atoms with Gasteiger partial charge in [-0.05, 0) is 0 Å². The summed E-state index contributed by atoms with van der Waals surface area (Å²) >= 11 is 0. The molecule has 1 aromatic rings. The predicted octanol–water partition coefficient (Wildman–Crippen LogP) is -0.462. The molecule has 1 aromatic carbocycles. The van der Waals surface area contributed by atoms with Gasteiger partial charge in [0.25, 0.3) is 0 Å². The van der Waals surface area contributed by atoms with Crippen LogP contribution in [0.2, 0.25) is 0 Å². The van der Waals surface area contributed by atoms with Crippen molar-refractivity contribution in [1.82, 2.24) is 0 Å². The van der Waals surface area contributed by atoms with E-state index in [1.165, 1.54) is 5.56 Å². The van der Waals surface area contributed by atoms with Crippen LogP contribution in [0.25, 0.3) is 6.08 Å². The Balaban J connectivity index is 0.000000810. The maximum absolute atomic E-state index is 3.60. The topological polar surface area (TPSA) is 0 Å². The third kappa shape index (κ3) is 3.59. The summed E-state index contributed by atoms with van der Waals surface area (Å²) in [5.41, 5.74) is 1.20. The van der Waals surface area contributed by atoms with E-state index in [9.17, 15) is 0 Å². The SMILES string of the molecule is [CH2-]C=Cc1ccccc1.[K+]. The molecule has 0 atom stereocenters. The molecule has 0 saturated heterocycles. The predicted molar refractivity (Wildman–Crippen MR) is 40.8 cm³/mol. The fourth-order valence-corrected chi connectivity index (χ4v) is 0.700. The summed E-state index contributed by atoms with van der Waals surface area (Å²) in [6.07, 6.45) is 3.76. The molecule has 0 nitrogen and oxygen atoms in total. The van der Waals surface area contributed by atoms with Crippen molar-refractivity contribution in [3.63, 3.8) is 0 Å². The van der Waals surface area contributed by atoms with E-state index in [1.807, 2.05) is 36.4 Å². The molecule has 0 aliphatic rings. The van der Waals surface area contributed by atoms with Gasteiger partial charge in [0.15, 0.2) is 0 Å². The molecule has 0 fully saturated rings. The monoisotopic (exact) mass is 156 g/mol. The minimum atomic E-state index is 0. The summed E-state index contributed by atoms with van der Waals surface area (Å²) in [7, 11) is 0. The van der Waals surface area contributed by atoms with Crippen molar-refractivity contribution in [3.8, 4) is 0 Å². The third-order valence-electron chi connectivity index (χ3n) is 1.11. The van der Waals surface area contributed by atoms with E-state index in [1.54, 1.807) is 6.08 Å². The molecule has 10 heavy (non-hydrogen) atoms. The van der Waals surface area contributed by atoms with Crippen LogP contribution >= 0.6 is 0 Å². The van der Waals surface area contributed by atoms with E-state index < -0.39 is 0 Å². The molecule has 0 aliphatic heterocycles. The summed E-state index contributed by atoms with van der Waals surface area (Å²) in [6, 6.07) is 10.1. The van der Waals surface area contributed by atoms with Crippen molar-refractivity contribution in [2.45, 2.75) is 0 Å². The van der Waals surface area contributed by atoms with Gasteiger partial charge in [-0.15, -0.1) is 5.56 Å². The summed E-state index contributed by atoms with van der Waals surface area (Å²) in [4.78, 5) is 0. The van der Waals surface area contributed by atoms with Crippen LogP contribution in [0.1, 0.15) is 5.56 Å². The second-order valence-electron chi connectivity index (χ2n) is 1.81. The molecule has 1 rings (SSSR count). The quantitative estimate of drug-likeness (QED) is 0.381. The largest absolute Gasteiger partial charge is 1.00 e. The minimum Gasteiger partial charge on any atom is -0.245 e. The summed E-state index contributed by atoms with van der Waals surface area (Å²) in [5.74, 6) is 0. The van der Waals surface area contributed by atoms with E-state index in [0.29, 0.717) is 0 Å². The van der Waals surface area contributed by atoms with E-state index in [0.717, 1.165) is 0 Å². The maximum atomic E-state index is 3.60. The maximum Gasteiger partial charge on any atom is 1.00 e. The molecular weight excluding hydrogens is 147 g/mol. The van der Waals surface area contributed by atoms with E-state index in [2.05, 4.69) is 6.92 Å². The number of hydrogen-bond donors (Lipinski definition) is 0. The van der Waals surface area contributed by atoms with E-state index in [4.69, 9.17) is 0 Å². The molecule has 0 radical (unpaired) electrons. The Morgan fingerprint density at radius 1 is 1.10 bits per heavy atom. The Labute approximate surface area is 105 Å². The second-order valence-corrected chi connectivity index (χ2v) is 1.81. The van der Waals surface area contributed by atoms with Crippen molar-refractivity contribution in [1.29, 1.82) is 0 Å². The zero-order chi connectivity index (χ0) is 6.53. The van der Waals surface area contributed by atoms with Gasteiger partial charge in [-0.3, -0.25) is 0 Å². The van der Waals surface area contributed by atoms with Gasteiger partial charge in [-0.25, -0.2) is 19.1 Å². The normalized spacial score (nSPS) is 9.20. The van der Waals surface area contributed by atoms with Crippen molar-refractivity contribution in [2.75, 3.05) is 0 Å². The van der Waals surface area contributed by atoms with Gasteiger partial charge >= 0.3 is 51.4 Å². The zero-order valence-electron chi connectivity index (χ0n) is 6.25. The third-order valence-corrected chi connectivity index (χ3v) is 1.11. The van der Waals surface area contributed by atoms with Crippen LogP contribution in [0.5, 0.6) is 0 Å². The molecule has 0 aliphatic carbocycles. The second kappa shape index (κ2) is 6.19. The van der Waals surface area contributed by atoms with Crippen molar-refractivity contribution in [2.24, 2.45) is 0 Å². The summed E-state index contributed by atoms with van der Waals surface area (Å²) in [5, 5.41) is 0. The number of hydrogen-bond acceptors (Lipinski definition) is 0. The first-order valence-corrected chi connectivity index (χ1v) is 2.94. The molecule has 0 saturated carbocycles. The molecule has 0 aromatic heterocycles. The zero-order valence-corrected chi connectivity index (χ0v) is 9.37. The Bertz CT molecular complexity index is 189. The van der Waals surface area contributed by atoms with Crippen LogP contribution in [0, 0.1) is 6.92 Å². The fraction of sp³-hybridized carbons (Fsp3) is 0. The number of allylic oxidation sites excluding steroid dienone is 1. The minimum absolute atomic E-state index is 0. The first-order chi connectivity index (χ1) is 4.43.